The first-order valence-corrected chi connectivity index (χ1v) is 4.51. The largest absolute Gasteiger partial charge is 0.501 e. The lowest BCUT2D eigenvalue weighted by atomic mass is 10.1. The number of rotatable bonds is 2. The normalized spacial score (nSPS) is 8.39. The van der Waals surface area contributed by atoms with Crippen LogP contribution in [-0.2, 0) is 0 Å². The molecule has 1 aromatic carbocycles. The molecule has 0 heterocycles. The van der Waals surface area contributed by atoms with Crippen LogP contribution in [0.1, 0.15) is 11.1 Å². The van der Waals surface area contributed by atoms with Gasteiger partial charge in [-0.1, -0.05) is 17.0 Å². The van der Waals surface area contributed by atoms with E-state index < -0.39 is 16.4 Å². The van der Waals surface area contributed by atoms with Crippen molar-refractivity contribution in [3.63, 3.8) is 0 Å². The Balaban J connectivity index is 3.29. The number of nitro groups is 1. The third kappa shape index (κ3) is 2.89. The van der Waals surface area contributed by atoms with Crippen molar-refractivity contribution in [1.29, 1.82) is 5.26 Å². The Morgan fingerprint density at radius 1 is 1.61 bits per heavy atom. The number of nitrogens with zero attached hydrogens (tertiary/aromatic N) is 5. The molecule has 0 saturated carbocycles. The van der Waals surface area contributed by atoms with Gasteiger partial charge in [0, 0.05) is 11.0 Å². The van der Waals surface area contributed by atoms with Gasteiger partial charge < -0.3 is 5.11 Å². The molecule has 8 nitrogen and oxygen atoms in total. The molecule has 0 atom stereocenters. The second-order valence-corrected chi connectivity index (χ2v) is 2.95. The summed E-state index contributed by atoms with van der Waals surface area (Å²) in [6.45, 7) is -0.138. The minimum absolute atomic E-state index is 0.00702. The van der Waals surface area contributed by atoms with Gasteiger partial charge in [0.1, 0.15) is 0 Å². The van der Waals surface area contributed by atoms with E-state index in [2.05, 4.69) is 21.9 Å². The van der Waals surface area contributed by atoms with E-state index >= 15 is 0 Å². The maximum atomic E-state index is 10.6. The average molecular weight is 243 g/mol. The van der Waals surface area contributed by atoms with Gasteiger partial charge in [0.05, 0.1) is 28.7 Å². The molecule has 0 unspecified atom stereocenters. The maximum Gasteiger partial charge on any atom is 0.313 e. The van der Waals surface area contributed by atoms with Crippen molar-refractivity contribution in [2.24, 2.45) is 5.11 Å². The van der Waals surface area contributed by atoms with Crippen LogP contribution in [0.2, 0.25) is 0 Å². The molecule has 88 valence electrons. The van der Waals surface area contributed by atoms with Gasteiger partial charge in [-0.25, -0.2) is 0 Å². The Morgan fingerprint density at radius 3 is 2.89 bits per heavy atom. The first kappa shape index (κ1) is 12.8. The van der Waals surface area contributed by atoms with Crippen molar-refractivity contribution in [3.05, 3.63) is 43.8 Å². The quantitative estimate of drug-likeness (QED) is 0.211. The summed E-state index contributed by atoms with van der Waals surface area (Å²) in [7, 11) is 0. The lowest BCUT2D eigenvalue weighted by Gasteiger charge is -1.99. The van der Waals surface area contributed by atoms with Crippen LogP contribution in [-0.4, -0.2) is 16.6 Å². The van der Waals surface area contributed by atoms with Gasteiger partial charge >= 0.3 is 5.69 Å². The maximum absolute atomic E-state index is 10.6. The third-order valence-corrected chi connectivity index (χ3v) is 1.85. The second-order valence-electron chi connectivity index (χ2n) is 2.95. The van der Waals surface area contributed by atoms with Gasteiger partial charge in [-0.05, 0) is 11.6 Å². The number of phenolic OH excluding ortho intramolecular Hbond substituents is 1. The van der Waals surface area contributed by atoms with Crippen LogP contribution >= 0.6 is 0 Å². The van der Waals surface area contributed by atoms with E-state index in [9.17, 15) is 15.2 Å². The zero-order valence-corrected chi connectivity index (χ0v) is 8.86. The van der Waals surface area contributed by atoms with Crippen LogP contribution in [0.3, 0.4) is 0 Å². The summed E-state index contributed by atoms with van der Waals surface area (Å²) in [5.74, 6) is 4.18. The van der Waals surface area contributed by atoms with Crippen molar-refractivity contribution in [1.82, 2.24) is 0 Å². The van der Waals surface area contributed by atoms with Crippen LogP contribution < -0.4 is 0 Å². The summed E-state index contributed by atoms with van der Waals surface area (Å²) in [5, 5.41) is 32.1. The number of phenols is 1. The first-order chi connectivity index (χ1) is 8.60. The number of hydrogen-bond donors (Lipinski definition) is 1. The van der Waals surface area contributed by atoms with E-state index in [1.54, 1.807) is 6.07 Å². The van der Waals surface area contributed by atoms with E-state index in [-0.39, 0.29) is 17.7 Å². The van der Waals surface area contributed by atoms with Crippen molar-refractivity contribution in [2.45, 2.75) is 0 Å². The Morgan fingerprint density at radius 2 is 2.33 bits per heavy atom. The van der Waals surface area contributed by atoms with Gasteiger partial charge in [0.2, 0.25) is 5.75 Å². The van der Waals surface area contributed by atoms with Gasteiger partial charge in [0.25, 0.3) is 0 Å². The molecule has 0 fully saturated rings. The third-order valence-electron chi connectivity index (χ3n) is 1.85. The Labute approximate surface area is 101 Å². The molecule has 1 N–H and O–H groups in total. The van der Waals surface area contributed by atoms with Crippen LogP contribution in [0, 0.1) is 33.3 Å². The van der Waals surface area contributed by atoms with E-state index in [4.69, 9.17) is 10.8 Å². The van der Waals surface area contributed by atoms with E-state index in [1.165, 1.54) is 6.07 Å². The zero-order chi connectivity index (χ0) is 13.5. The Kier molecular flexibility index (Phi) is 4.11. The first-order valence-electron chi connectivity index (χ1n) is 4.51. The summed E-state index contributed by atoms with van der Waals surface area (Å²) < 4.78 is 0. The predicted octanol–water partition coefficient (Wildman–Crippen LogP) is 1.83. The molecule has 0 radical (unpaired) electrons. The standard InChI is InChI=1S/C10H5N5O3/c11-6-7-4-8(2-1-3-13-14-12)10(16)9(5-7)15(17)18/h4-5,16H,3H2. The monoisotopic (exact) mass is 243 g/mol. The second kappa shape index (κ2) is 5.75. The molecule has 0 aliphatic rings. The molecule has 8 heteroatoms. The van der Waals surface area contributed by atoms with E-state index in [1.807, 2.05) is 0 Å². The van der Waals surface area contributed by atoms with Gasteiger partial charge in [-0.15, -0.1) is 0 Å². The molecular weight excluding hydrogens is 238 g/mol. The topological polar surface area (TPSA) is 136 Å². The van der Waals surface area contributed by atoms with E-state index in [0.29, 0.717) is 0 Å². The molecule has 0 amide bonds. The van der Waals surface area contributed by atoms with E-state index in [0.717, 1.165) is 6.07 Å². The van der Waals surface area contributed by atoms with Crippen LogP contribution in [0.25, 0.3) is 10.4 Å². The fraction of sp³-hybridized carbons (Fsp3) is 0.100. The van der Waals surface area contributed by atoms with Crippen LogP contribution in [0.5, 0.6) is 5.75 Å². The highest BCUT2D eigenvalue weighted by molar-refractivity contribution is 5.61. The minimum atomic E-state index is -0.811. The molecule has 1 aromatic rings. The van der Waals surface area contributed by atoms with Gasteiger partial charge in [-0.2, -0.15) is 5.26 Å². The van der Waals surface area contributed by atoms with Crippen LogP contribution in [0.4, 0.5) is 5.69 Å². The average Bonchev–Trinajstić information content (AvgIpc) is 2.36. The van der Waals surface area contributed by atoms with Crippen LogP contribution in [0.15, 0.2) is 17.2 Å². The highest BCUT2D eigenvalue weighted by Crippen LogP contribution is 2.30. The predicted molar refractivity (Wildman–Crippen MR) is 60.4 cm³/mol. The molecule has 0 aromatic heterocycles. The molecule has 0 aliphatic heterocycles. The fourth-order valence-electron chi connectivity index (χ4n) is 1.12. The molecular formula is C10H5N5O3. The summed E-state index contributed by atoms with van der Waals surface area (Å²) in [5.41, 5.74) is 7.38. The lowest BCUT2D eigenvalue weighted by molar-refractivity contribution is -0.385. The number of nitro benzene ring substituents is 1. The van der Waals surface area contributed by atoms with Crippen molar-refractivity contribution >= 4 is 5.69 Å². The summed E-state index contributed by atoms with van der Waals surface area (Å²) in [4.78, 5) is 12.3. The number of benzene rings is 1. The van der Waals surface area contributed by atoms with Gasteiger partial charge in [-0.3, -0.25) is 10.1 Å². The number of hydrogen-bond acceptors (Lipinski definition) is 5. The Hall–Kier alpha value is -3.22. The highest BCUT2D eigenvalue weighted by Gasteiger charge is 2.18. The molecule has 0 aliphatic carbocycles. The number of aromatic hydroxyl groups is 1. The molecule has 18 heavy (non-hydrogen) atoms. The molecule has 1 rings (SSSR count). The smallest absolute Gasteiger partial charge is 0.313 e. The van der Waals surface area contributed by atoms with Crippen molar-refractivity contribution in [3.8, 4) is 23.7 Å². The summed E-state index contributed by atoms with van der Waals surface area (Å²) >= 11 is 0. The minimum Gasteiger partial charge on any atom is -0.501 e. The fourth-order valence-corrected chi connectivity index (χ4v) is 1.12. The summed E-state index contributed by atoms with van der Waals surface area (Å²) in [6.07, 6.45) is 0. The number of azide groups is 1. The highest BCUT2D eigenvalue weighted by atomic mass is 16.6. The lowest BCUT2D eigenvalue weighted by Crippen LogP contribution is -1.92. The summed E-state index contributed by atoms with van der Waals surface area (Å²) in [6, 6.07) is 3.89. The zero-order valence-electron chi connectivity index (χ0n) is 8.86. The Bertz CT molecular complexity index is 644. The number of nitriles is 1. The molecule has 0 bridgehead atoms. The van der Waals surface area contributed by atoms with Gasteiger partial charge in [0.15, 0.2) is 0 Å². The molecule has 0 saturated heterocycles. The SMILES string of the molecule is N#Cc1cc(C#CCN=[N+]=[N-])c(O)c([N+](=O)[O-])c1. The van der Waals surface area contributed by atoms with Crippen molar-refractivity contribution in [2.75, 3.05) is 6.54 Å². The molecule has 0 spiro atoms. The van der Waals surface area contributed by atoms with Crippen molar-refractivity contribution < 1.29 is 10.0 Å².